The molecule has 7 heteroatoms. The van der Waals surface area contributed by atoms with Crippen LogP contribution in [0.3, 0.4) is 0 Å². The summed E-state index contributed by atoms with van der Waals surface area (Å²) in [6, 6.07) is 0. The Balaban J connectivity index is 2.04. The van der Waals surface area contributed by atoms with Crippen molar-refractivity contribution in [1.82, 2.24) is 14.8 Å². The number of nitrogens with zero attached hydrogens (tertiary/aromatic N) is 3. The molecule has 1 fully saturated rings. The van der Waals surface area contributed by atoms with Gasteiger partial charge in [0.2, 0.25) is 0 Å². The highest BCUT2D eigenvalue weighted by molar-refractivity contribution is 7.91. The van der Waals surface area contributed by atoms with Crippen LogP contribution in [0.5, 0.6) is 0 Å². The van der Waals surface area contributed by atoms with E-state index in [1.807, 2.05) is 0 Å². The van der Waals surface area contributed by atoms with Crippen LogP contribution in [-0.4, -0.2) is 34.0 Å². The van der Waals surface area contributed by atoms with E-state index >= 15 is 0 Å². The first kappa shape index (κ1) is 12.1. The zero-order valence-electron chi connectivity index (χ0n) is 10.1. The quantitative estimate of drug-likeness (QED) is 0.814. The molecule has 0 bridgehead atoms. The summed E-state index contributed by atoms with van der Waals surface area (Å²) < 4.78 is 25.9. The van der Waals surface area contributed by atoms with E-state index in [1.165, 1.54) is 0 Å². The lowest BCUT2D eigenvalue weighted by Gasteiger charge is -2.26. The molecule has 0 spiro atoms. The molecule has 0 saturated carbocycles. The van der Waals surface area contributed by atoms with Crippen molar-refractivity contribution in [1.29, 1.82) is 0 Å². The third kappa shape index (κ3) is 1.85. The topological polar surface area (TPSA) is 85.1 Å². The molecule has 1 saturated heterocycles. The average Bonchev–Trinajstić information content (AvgIpc) is 2.73. The Bertz CT molecular complexity index is 552. The molecule has 3 heterocycles. The zero-order chi connectivity index (χ0) is 12.8. The van der Waals surface area contributed by atoms with Crippen molar-refractivity contribution in [3.63, 3.8) is 0 Å². The Morgan fingerprint density at radius 2 is 2.00 bits per heavy atom. The van der Waals surface area contributed by atoms with E-state index in [4.69, 9.17) is 0 Å². The van der Waals surface area contributed by atoms with Gasteiger partial charge in [-0.1, -0.05) is 6.42 Å². The lowest BCUT2D eigenvalue weighted by molar-refractivity contribution is 0.0745. The van der Waals surface area contributed by atoms with Crippen molar-refractivity contribution in [3.8, 4) is 0 Å². The van der Waals surface area contributed by atoms with Gasteiger partial charge in [0, 0.05) is 6.42 Å². The Morgan fingerprint density at radius 3 is 2.78 bits per heavy atom. The molecule has 2 atom stereocenters. The molecule has 100 valence electrons. The van der Waals surface area contributed by atoms with Crippen LogP contribution in [0.2, 0.25) is 0 Å². The van der Waals surface area contributed by atoms with Crippen molar-refractivity contribution in [2.24, 2.45) is 0 Å². The SMILES string of the molecule is O=S1(=O)CCCCC1c1nnc2n1C(O)CCC2. The number of aliphatic hydroxyl groups excluding tert-OH is 1. The van der Waals surface area contributed by atoms with E-state index in [9.17, 15) is 13.5 Å². The molecule has 1 aromatic rings. The molecule has 0 aromatic carbocycles. The largest absolute Gasteiger partial charge is 0.373 e. The monoisotopic (exact) mass is 271 g/mol. The molecule has 0 amide bonds. The number of aromatic nitrogens is 3. The maximum Gasteiger partial charge on any atom is 0.160 e. The average molecular weight is 271 g/mol. The second-order valence-electron chi connectivity index (χ2n) is 5.07. The molecule has 6 nitrogen and oxygen atoms in total. The first-order valence-corrected chi connectivity index (χ1v) is 8.14. The minimum atomic E-state index is -3.14. The Kier molecular flexibility index (Phi) is 2.90. The van der Waals surface area contributed by atoms with Crippen LogP contribution < -0.4 is 0 Å². The van der Waals surface area contributed by atoms with Gasteiger partial charge in [-0.05, 0) is 25.7 Å². The normalized spacial score (nSPS) is 30.9. The van der Waals surface area contributed by atoms with Gasteiger partial charge in [0.25, 0.3) is 0 Å². The summed E-state index contributed by atoms with van der Waals surface area (Å²) >= 11 is 0. The van der Waals surface area contributed by atoms with Gasteiger partial charge in [-0.2, -0.15) is 0 Å². The molecule has 2 aliphatic heterocycles. The summed E-state index contributed by atoms with van der Waals surface area (Å²) in [5.41, 5.74) is 0. The summed E-state index contributed by atoms with van der Waals surface area (Å²) in [6.45, 7) is 0. The van der Waals surface area contributed by atoms with Gasteiger partial charge in [0.1, 0.15) is 17.3 Å². The van der Waals surface area contributed by atoms with Gasteiger partial charge in [-0.15, -0.1) is 10.2 Å². The van der Waals surface area contributed by atoms with E-state index in [0.29, 0.717) is 24.5 Å². The second kappa shape index (κ2) is 4.31. The third-order valence-corrected chi connectivity index (χ3v) is 5.99. The number of aryl methyl sites for hydroxylation is 1. The van der Waals surface area contributed by atoms with Crippen molar-refractivity contribution < 1.29 is 13.5 Å². The van der Waals surface area contributed by atoms with Gasteiger partial charge < -0.3 is 5.11 Å². The fourth-order valence-electron chi connectivity index (χ4n) is 2.87. The maximum absolute atomic E-state index is 12.1. The predicted molar refractivity (Wildman–Crippen MR) is 64.6 cm³/mol. The standard InChI is InChI=1S/C11H17N3O3S/c15-10-6-3-5-9-12-13-11(14(9)10)8-4-1-2-7-18(8,16)17/h8,10,15H,1-7H2. The third-order valence-electron chi connectivity index (χ3n) is 3.82. The number of fused-ring (bicyclic) bond motifs is 1. The van der Waals surface area contributed by atoms with E-state index in [-0.39, 0.29) is 5.75 Å². The fourth-order valence-corrected chi connectivity index (χ4v) is 4.77. The first-order chi connectivity index (χ1) is 8.59. The molecule has 0 aliphatic carbocycles. The first-order valence-electron chi connectivity index (χ1n) is 6.43. The number of rotatable bonds is 1. The minimum Gasteiger partial charge on any atom is -0.373 e. The van der Waals surface area contributed by atoms with E-state index in [2.05, 4.69) is 10.2 Å². The molecule has 2 unspecified atom stereocenters. The second-order valence-corrected chi connectivity index (χ2v) is 7.37. The van der Waals surface area contributed by atoms with Crippen LogP contribution in [-0.2, 0) is 16.3 Å². The van der Waals surface area contributed by atoms with Crippen LogP contribution in [0, 0.1) is 0 Å². The van der Waals surface area contributed by atoms with Gasteiger partial charge in [0.05, 0.1) is 5.75 Å². The van der Waals surface area contributed by atoms with Gasteiger partial charge in [-0.25, -0.2) is 8.42 Å². The highest BCUT2D eigenvalue weighted by Gasteiger charge is 2.36. The van der Waals surface area contributed by atoms with Gasteiger partial charge >= 0.3 is 0 Å². The van der Waals surface area contributed by atoms with E-state index in [1.54, 1.807) is 4.57 Å². The number of sulfone groups is 1. The summed E-state index contributed by atoms with van der Waals surface area (Å²) in [5.74, 6) is 1.37. The predicted octanol–water partition coefficient (Wildman–Crippen LogP) is 0.745. The zero-order valence-corrected chi connectivity index (χ0v) is 10.9. The van der Waals surface area contributed by atoms with Crippen LogP contribution >= 0.6 is 0 Å². The van der Waals surface area contributed by atoms with Crippen molar-refractivity contribution in [2.45, 2.75) is 50.0 Å². The Hall–Kier alpha value is -0.950. The smallest absolute Gasteiger partial charge is 0.160 e. The molecule has 0 radical (unpaired) electrons. The summed E-state index contributed by atoms with van der Waals surface area (Å²) in [7, 11) is -3.14. The van der Waals surface area contributed by atoms with E-state index < -0.39 is 21.3 Å². The van der Waals surface area contributed by atoms with Crippen molar-refractivity contribution in [3.05, 3.63) is 11.6 Å². The summed E-state index contributed by atoms with van der Waals surface area (Å²) in [5, 5.41) is 17.5. The van der Waals surface area contributed by atoms with Crippen LogP contribution in [0.4, 0.5) is 0 Å². The lowest BCUT2D eigenvalue weighted by Crippen LogP contribution is -2.27. The molecule has 2 aliphatic rings. The van der Waals surface area contributed by atoms with Crippen molar-refractivity contribution in [2.75, 3.05) is 5.75 Å². The van der Waals surface area contributed by atoms with Crippen molar-refractivity contribution >= 4 is 9.84 Å². The number of hydrogen-bond donors (Lipinski definition) is 1. The Morgan fingerprint density at radius 1 is 1.17 bits per heavy atom. The fraction of sp³-hybridized carbons (Fsp3) is 0.818. The number of aliphatic hydroxyl groups is 1. The maximum atomic E-state index is 12.1. The summed E-state index contributed by atoms with van der Waals surface area (Å²) in [4.78, 5) is 0. The highest BCUT2D eigenvalue weighted by atomic mass is 32.2. The molecule has 1 N–H and O–H groups in total. The lowest BCUT2D eigenvalue weighted by atomic mass is 10.1. The minimum absolute atomic E-state index is 0.218. The van der Waals surface area contributed by atoms with Crippen LogP contribution in [0.15, 0.2) is 0 Å². The number of hydrogen-bond acceptors (Lipinski definition) is 5. The molecule has 1 aromatic heterocycles. The van der Waals surface area contributed by atoms with Crippen LogP contribution in [0.1, 0.15) is 55.2 Å². The Labute approximate surface area is 106 Å². The molecular formula is C11H17N3O3S. The molecule has 18 heavy (non-hydrogen) atoms. The van der Waals surface area contributed by atoms with Gasteiger partial charge in [0.15, 0.2) is 15.7 Å². The molecular weight excluding hydrogens is 254 g/mol. The molecule has 3 rings (SSSR count). The summed E-state index contributed by atoms with van der Waals surface area (Å²) in [6.07, 6.45) is 3.81. The van der Waals surface area contributed by atoms with Crippen LogP contribution in [0.25, 0.3) is 0 Å². The van der Waals surface area contributed by atoms with Gasteiger partial charge in [-0.3, -0.25) is 4.57 Å². The highest BCUT2D eigenvalue weighted by Crippen LogP contribution is 2.35. The van der Waals surface area contributed by atoms with E-state index in [0.717, 1.165) is 25.7 Å².